The number of aliphatic hydroxyl groups excluding tert-OH is 1. The number of benzene rings is 1. The van der Waals surface area contributed by atoms with Crippen molar-refractivity contribution < 1.29 is 9.90 Å². The Balaban J connectivity index is 2.75. The van der Waals surface area contributed by atoms with Crippen LogP contribution in [0.1, 0.15) is 44.7 Å². The largest absolute Gasteiger partial charge is 0.394 e. The molecule has 20 heavy (non-hydrogen) atoms. The zero-order chi connectivity index (χ0) is 15.3. The van der Waals surface area contributed by atoms with E-state index in [9.17, 15) is 9.90 Å². The molecule has 0 aliphatic carbocycles. The first-order valence-corrected chi connectivity index (χ1v) is 6.94. The molecule has 0 saturated heterocycles. The van der Waals surface area contributed by atoms with Gasteiger partial charge in [0.25, 0.3) is 0 Å². The monoisotopic (exact) mass is 275 g/mol. The van der Waals surface area contributed by atoms with Crippen molar-refractivity contribution in [3.8, 4) is 0 Å². The molecule has 0 heterocycles. The lowest BCUT2D eigenvalue weighted by Gasteiger charge is -2.33. The van der Waals surface area contributed by atoms with Crippen LogP contribution in [-0.2, 0) is 4.79 Å². The molecule has 0 fully saturated rings. The third-order valence-corrected chi connectivity index (χ3v) is 3.65. The maximum absolute atomic E-state index is 12.0. The highest BCUT2D eigenvalue weighted by atomic mass is 16.3. The normalized spacial score (nSPS) is 12.2. The average molecular weight is 275 g/mol. The summed E-state index contributed by atoms with van der Waals surface area (Å²) < 4.78 is 0. The predicted octanol–water partition coefficient (Wildman–Crippen LogP) is 3.05. The molecule has 0 radical (unpaired) electrons. The van der Waals surface area contributed by atoms with Crippen LogP contribution >= 0.6 is 0 Å². The number of rotatable bonds is 5. The van der Waals surface area contributed by atoms with E-state index in [0.717, 1.165) is 5.56 Å². The molecule has 3 nitrogen and oxygen atoms in total. The number of likely N-dealkylation sites (N-methyl/N-ethyl adjacent to an activating group) is 1. The van der Waals surface area contributed by atoms with Crippen molar-refractivity contribution in [2.45, 2.75) is 39.2 Å². The van der Waals surface area contributed by atoms with Gasteiger partial charge in [0.05, 0.1) is 12.1 Å². The van der Waals surface area contributed by atoms with Crippen molar-refractivity contribution in [3.05, 3.63) is 41.5 Å². The van der Waals surface area contributed by atoms with Crippen molar-refractivity contribution in [1.29, 1.82) is 0 Å². The zero-order valence-corrected chi connectivity index (χ0v) is 13.1. The lowest BCUT2D eigenvalue weighted by molar-refractivity contribution is -0.130. The minimum absolute atomic E-state index is 0.0633. The van der Waals surface area contributed by atoms with Crippen molar-refractivity contribution in [1.82, 2.24) is 4.90 Å². The number of hydrogen-bond donors (Lipinski definition) is 1. The molecular weight excluding hydrogens is 250 g/mol. The van der Waals surface area contributed by atoms with Crippen LogP contribution in [0.4, 0.5) is 0 Å². The fourth-order valence-electron chi connectivity index (χ4n) is 1.68. The molecule has 1 N–H and O–H groups in total. The number of amides is 1. The van der Waals surface area contributed by atoms with Crippen LogP contribution in [0.5, 0.6) is 0 Å². The summed E-state index contributed by atoms with van der Waals surface area (Å²) in [6.45, 7) is 7.90. The van der Waals surface area contributed by atoms with E-state index in [1.54, 1.807) is 24.1 Å². The molecule has 0 atom stereocenters. The molecule has 1 amide bonds. The number of nitrogens with zero attached hydrogens (tertiary/aromatic N) is 1. The summed E-state index contributed by atoms with van der Waals surface area (Å²) in [5.74, 6) is 0.392. The minimum atomic E-state index is -0.553. The summed E-state index contributed by atoms with van der Waals surface area (Å²) in [6.07, 6.45) is 3.35. The van der Waals surface area contributed by atoms with Crippen LogP contribution < -0.4 is 0 Å². The van der Waals surface area contributed by atoms with Crippen molar-refractivity contribution in [3.63, 3.8) is 0 Å². The van der Waals surface area contributed by atoms with Crippen molar-refractivity contribution in [2.24, 2.45) is 0 Å². The predicted molar refractivity (Wildman–Crippen MR) is 83.5 cm³/mol. The van der Waals surface area contributed by atoms with E-state index in [1.807, 2.05) is 26.0 Å². The third-order valence-electron chi connectivity index (χ3n) is 3.65. The highest BCUT2D eigenvalue weighted by molar-refractivity contribution is 5.92. The third kappa shape index (κ3) is 4.20. The Labute approximate surface area is 121 Å². The fourth-order valence-corrected chi connectivity index (χ4v) is 1.68. The molecular formula is C17H25NO2. The second-order valence-electron chi connectivity index (χ2n) is 6.02. The van der Waals surface area contributed by atoms with Gasteiger partial charge in [0.15, 0.2) is 0 Å². The van der Waals surface area contributed by atoms with Gasteiger partial charge >= 0.3 is 0 Å². The molecule has 1 rings (SSSR count). The van der Waals surface area contributed by atoms with Crippen molar-refractivity contribution >= 4 is 12.0 Å². The number of hydrogen-bond acceptors (Lipinski definition) is 2. The van der Waals surface area contributed by atoms with Crippen LogP contribution in [0.25, 0.3) is 6.08 Å². The van der Waals surface area contributed by atoms with E-state index in [0.29, 0.717) is 5.92 Å². The molecule has 0 bridgehead atoms. The van der Waals surface area contributed by atoms with E-state index in [1.165, 1.54) is 5.56 Å². The lowest BCUT2D eigenvalue weighted by Crippen LogP contribution is -2.47. The molecule has 1 aromatic carbocycles. The summed E-state index contributed by atoms with van der Waals surface area (Å²) in [5, 5.41) is 9.26. The highest BCUT2D eigenvalue weighted by Gasteiger charge is 2.25. The zero-order valence-electron chi connectivity index (χ0n) is 13.1. The van der Waals surface area contributed by atoms with Gasteiger partial charge in [0, 0.05) is 13.1 Å². The second-order valence-corrected chi connectivity index (χ2v) is 6.02. The maximum atomic E-state index is 12.0. The van der Waals surface area contributed by atoms with Gasteiger partial charge in [-0.15, -0.1) is 0 Å². The van der Waals surface area contributed by atoms with Gasteiger partial charge in [-0.1, -0.05) is 38.1 Å². The van der Waals surface area contributed by atoms with Crippen LogP contribution in [0, 0.1) is 0 Å². The van der Waals surface area contributed by atoms with E-state index in [-0.39, 0.29) is 12.5 Å². The Kier molecular flexibility index (Phi) is 5.52. The van der Waals surface area contributed by atoms with Gasteiger partial charge in [0.2, 0.25) is 5.91 Å². The molecule has 0 aliphatic rings. The first-order valence-electron chi connectivity index (χ1n) is 6.94. The first-order chi connectivity index (χ1) is 9.27. The molecule has 0 saturated carbocycles. The Morgan fingerprint density at radius 2 is 1.85 bits per heavy atom. The summed E-state index contributed by atoms with van der Waals surface area (Å²) >= 11 is 0. The Hall–Kier alpha value is -1.61. The van der Waals surface area contributed by atoms with Gasteiger partial charge in [-0.3, -0.25) is 4.79 Å². The Morgan fingerprint density at radius 3 is 2.30 bits per heavy atom. The van der Waals surface area contributed by atoms with E-state index >= 15 is 0 Å². The van der Waals surface area contributed by atoms with Crippen LogP contribution in [0.3, 0.4) is 0 Å². The van der Waals surface area contributed by atoms with Gasteiger partial charge in [-0.05, 0) is 37.0 Å². The van der Waals surface area contributed by atoms with Gasteiger partial charge in [0.1, 0.15) is 0 Å². The molecule has 0 unspecified atom stereocenters. The fraction of sp³-hybridized carbons (Fsp3) is 0.471. The SMILES string of the molecule is CC(C)c1ccc(/C=C/C(=O)N(C)C(C)(C)CO)cc1. The quantitative estimate of drug-likeness (QED) is 0.839. The molecule has 3 heteroatoms. The number of carbonyl (C=O) groups excluding carboxylic acids is 1. The minimum Gasteiger partial charge on any atom is -0.394 e. The molecule has 0 aromatic heterocycles. The topological polar surface area (TPSA) is 40.5 Å². The molecule has 0 spiro atoms. The standard InChI is InChI=1S/C17H25NO2/c1-13(2)15-9-6-14(7-10-15)8-11-16(20)18(5)17(3,4)12-19/h6-11,13,19H,12H2,1-5H3/b11-8+. The van der Waals surface area contributed by atoms with E-state index in [4.69, 9.17) is 0 Å². The first kappa shape index (κ1) is 16.4. The van der Waals surface area contributed by atoms with E-state index in [2.05, 4.69) is 26.0 Å². The Morgan fingerprint density at radius 1 is 1.30 bits per heavy atom. The summed E-state index contributed by atoms with van der Waals surface area (Å²) in [6, 6.07) is 8.18. The Bertz CT molecular complexity index is 472. The summed E-state index contributed by atoms with van der Waals surface area (Å²) in [5.41, 5.74) is 1.73. The van der Waals surface area contributed by atoms with Crippen molar-refractivity contribution in [2.75, 3.05) is 13.7 Å². The maximum Gasteiger partial charge on any atom is 0.246 e. The van der Waals surface area contributed by atoms with Crippen LogP contribution in [-0.4, -0.2) is 35.1 Å². The van der Waals surface area contributed by atoms with Gasteiger partial charge in [-0.25, -0.2) is 0 Å². The van der Waals surface area contributed by atoms with Gasteiger partial charge in [-0.2, -0.15) is 0 Å². The van der Waals surface area contributed by atoms with Crippen LogP contribution in [0.15, 0.2) is 30.3 Å². The highest BCUT2D eigenvalue weighted by Crippen LogP contribution is 2.16. The van der Waals surface area contributed by atoms with Gasteiger partial charge < -0.3 is 10.0 Å². The molecule has 1 aromatic rings. The van der Waals surface area contributed by atoms with Crippen LogP contribution in [0.2, 0.25) is 0 Å². The molecule has 110 valence electrons. The number of carbonyl (C=O) groups is 1. The molecule has 0 aliphatic heterocycles. The smallest absolute Gasteiger partial charge is 0.246 e. The second kappa shape index (κ2) is 6.71. The lowest BCUT2D eigenvalue weighted by atomic mass is 10.0. The summed E-state index contributed by atoms with van der Waals surface area (Å²) in [4.78, 5) is 13.6. The average Bonchev–Trinajstić information content (AvgIpc) is 2.44. The number of aliphatic hydroxyl groups is 1. The summed E-state index contributed by atoms with van der Waals surface area (Å²) in [7, 11) is 1.70. The van der Waals surface area contributed by atoms with E-state index < -0.39 is 5.54 Å².